The molecule has 1 aromatic carbocycles. The highest BCUT2D eigenvalue weighted by Crippen LogP contribution is 2.34. The second-order valence-electron chi connectivity index (χ2n) is 4.15. The standard InChI is InChI=1S/C13H16N4O3/c1-3-20-11-6-4-5-10(13(11)17(18)19)15-9-12-14-7-8-16(12)2/h4-8,15H,3,9H2,1-2H3. The summed E-state index contributed by atoms with van der Waals surface area (Å²) in [5.41, 5.74) is 0.368. The van der Waals surface area contributed by atoms with Crippen molar-refractivity contribution in [1.82, 2.24) is 9.55 Å². The molecule has 0 spiro atoms. The van der Waals surface area contributed by atoms with Crippen LogP contribution in [0.15, 0.2) is 30.6 Å². The van der Waals surface area contributed by atoms with Gasteiger partial charge in [-0.15, -0.1) is 0 Å². The van der Waals surface area contributed by atoms with Gasteiger partial charge in [0.1, 0.15) is 11.5 Å². The van der Waals surface area contributed by atoms with E-state index in [-0.39, 0.29) is 11.4 Å². The number of ether oxygens (including phenoxy) is 1. The van der Waals surface area contributed by atoms with E-state index >= 15 is 0 Å². The molecule has 7 heteroatoms. The van der Waals surface area contributed by atoms with E-state index in [0.29, 0.717) is 18.8 Å². The predicted molar refractivity (Wildman–Crippen MR) is 74.8 cm³/mol. The number of imidazole rings is 1. The average molecular weight is 276 g/mol. The van der Waals surface area contributed by atoms with Crippen LogP contribution >= 0.6 is 0 Å². The van der Waals surface area contributed by atoms with Crippen LogP contribution in [0.5, 0.6) is 5.75 Å². The fourth-order valence-corrected chi connectivity index (χ4v) is 1.87. The number of rotatable bonds is 6. The molecule has 1 aromatic heterocycles. The third-order valence-corrected chi connectivity index (χ3v) is 2.84. The second-order valence-corrected chi connectivity index (χ2v) is 4.15. The molecule has 0 amide bonds. The first-order valence-corrected chi connectivity index (χ1v) is 6.23. The van der Waals surface area contributed by atoms with E-state index in [1.54, 1.807) is 31.3 Å². The lowest BCUT2D eigenvalue weighted by Gasteiger charge is -2.10. The lowest BCUT2D eigenvalue weighted by atomic mass is 10.2. The van der Waals surface area contributed by atoms with Crippen LogP contribution in [0.1, 0.15) is 12.7 Å². The summed E-state index contributed by atoms with van der Waals surface area (Å²) in [5, 5.41) is 14.2. The van der Waals surface area contributed by atoms with Gasteiger partial charge in [-0.3, -0.25) is 10.1 Å². The fourth-order valence-electron chi connectivity index (χ4n) is 1.87. The predicted octanol–water partition coefficient (Wildman–Crippen LogP) is 2.34. The lowest BCUT2D eigenvalue weighted by molar-refractivity contribution is -0.384. The Kier molecular flexibility index (Phi) is 4.19. The molecule has 1 heterocycles. The molecule has 20 heavy (non-hydrogen) atoms. The average Bonchev–Trinajstić information content (AvgIpc) is 2.82. The molecule has 0 bridgehead atoms. The Balaban J connectivity index is 2.24. The minimum absolute atomic E-state index is 0.0523. The van der Waals surface area contributed by atoms with Crippen LogP contribution in [0, 0.1) is 10.1 Å². The van der Waals surface area contributed by atoms with Crippen molar-refractivity contribution in [2.75, 3.05) is 11.9 Å². The topological polar surface area (TPSA) is 82.2 Å². The molecule has 0 atom stereocenters. The zero-order valence-electron chi connectivity index (χ0n) is 11.4. The van der Waals surface area contributed by atoms with Gasteiger partial charge in [0.25, 0.3) is 0 Å². The van der Waals surface area contributed by atoms with E-state index < -0.39 is 4.92 Å². The monoisotopic (exact) mass is 276 g/mol. The van der Waals surface area contributed by atoms with Crippen molar-refractivity contribution in [3.63, 3.8) is 0 Å². The van der Waals surface area contributed by atoms with E-state index in [1.807, 2.05) is 17.8 Å². The zero-order valence-corrected chi connectivity index (χ0v) is 11.4. The summed E-state index contributed by atoms with van der Waals surface area (Å²) in [6.07, 6.45) is 3.50. The van der Waals surface area contributed by atoms with E-state index in [2.05, 4.69) is 10.3 Å². The summed E-state index contributed by atoms with van der Waals surface area (Å²) in [6.45, 7) is 2.57. The van der Waals surface area contributed by atoms with Crippen molar-refractivity contribution in [2.45, 2.75) is 13.5 Å². The van der Waals surface area contributed by atoms with E-state index in [9.17, 15) is 10.1 Å². The van der Waals surface area contributed by atoms with Gasteiger partial charge in [0.15, 0.2) is 5.75 Å². The number of hydrogen-bond acceptors (Lipinski definition) is 5. The van der Waals surface area contributed by atoms with Crippen LogP contribution < -0.4 is 10.1 Å². The summed E-state index contributed by atoms with van der Waals surface area (Å²) < 4.78 is 7.15. The Morgan fingerprint density at radius 3 is 2.90 bits per heavy atom. The normalized spacial score (nSPS) is 10.3. The first kappa shape index (κ1) is 13.9. The summed E-state index contributed by atoms with van der Waals surface area (Å²) in [5.74, 6) is 1.06. The molecule has 0 radical (unpaired) electrons. The van der Waals surface area contributed by atoms with E-state index in [4.69, 9.17) is 4.74 Å². The van der Waals surface area contributed by atoms with E-state index in [0.717, 1.165) is 5.82 Å². The number of nitrogens with one attached hydrogen (secondary N) is 1. The number of nitro groups is 1. The van der Waals surface area contributed by atoms with Crippen molar-refractivity contribution < 1.29 is 9.66 Å². The molecule has 0 aliphatic heterocycles. The number of aromatic nitrogens is 2. The number of anilines is 1. The minimum atomic E-state index is -0.439. The van der Waals surface area contributed by atoms with Gasteiger partial charge in [-0.05, 0) is 19.1 Å². The van der Waals surface area contributed by atoms with Crippen molar-refractivity contribution >= 4 is 11.4 Å². The number of para-hydroxylation sites is 1. The van der Waals surface area contributed by atoms with Crippen LogP contribution in [0.25, 0.3) is 0 Å². The van der Waals surface area contributed by atoms with Gasteiger partial charge >= 0.3 is 5.69 Å². The minimum Gasteiger partial charge on any atom is -0.487 e. The van der Waals surface area contributed by atoms with Crippen LogP contribution in [0.2, 0.25) is 0 Å². The molecule has 0 saturated carbocycles. The molecule has 2 aromatic rings. The quantitative estimate of drug-likeness (QED) is 0.646. The number of benzene rings is 1. The van der Waals surface area contributed by atoms with Crippen molar-refractivity contribution in [2.24, 2.45) is 7.05 Å². The summed E-state index contributed by atoms with van der Waals surface area (Å²) in [4.78, 5) is 14.9. The number of nitro benzene ring substituents is 1. The van der Waals surface area contributed by atoms with Crippen LogP contribution in [-0.2, 0) is 13.6 Å². The van der Waals surface area contributed by atoms with Crippen LogP contribution in [0.3, 0.4) is 0 Å². The van der Waals surface area contributed by atoms with Crippen molar-refractivity contribution in [1.29, 1.82) is 0 Å². The SMILES string of the molecule is CCOc1cccc(NCc2nccn2C)c1[N+](=O)[O-]. The molecule has 0 fully saturated rings. The Hall–Kier alpha value is -2.57. The third kappa shape index (κ3) is 2.87. The van der Waals surface area contributed by atoms with Gasteiger partial charge in [-0.1, -0.05) is 6.07 Å². The van der Waals surface area contributed by atoms with Crippen molar-refractivity contribution in [3.05, 3.63) is 46.5 Å². The molecule has 0 aliphatic carbocycles. The van der Waals surface area contributed by atoms with Gasteiger partial charge in [0.2, 0.25) is 0 Å². The van der Waals surface area contributed by atoms with Gasteiger partial charge in [-0.2, -0.15) is 0 Å². The second kappa shape index (κ2) is 6.05. The third-order valence-electron chi connectivity index (χ3n) is 2.84. The first-order chi connectivity index (χ1) is 9.63. The number of aryl methyl sites for hydroxylation is 1. The maximum atomic E-state index is 11.2. The number of hydrogen-bond donors (Lipinski definition) is 1. The molecule has 7 nitrogen and oxygen atoms in total. The Morgan fingerprint density at radius 2 is 2.30 bits per heavy atom. The van der Waals surface area contributed by atoms with Gasteiger partial charge in [-0.25, -0.2) is 4.98 Å². The highest BCUT2D eigenvalue weighted by atomic mass is 16.6. The summed E-state index contributed by atoms with van der Waals surface area (Å²) in [7, 11) is 1.87. The molecular weight excluding hydrogens is 260 g/mol. The molecule has 0 aliphatic rings. The van der Waals surface area contributed by atoms with Crippen LogP contribution in [-0.4, -0.2) is 21.1 Å². The lowest BCUT2D eigenvalue weighted by Crippen LogP contribution is -2.08. The molecular formula is C13H16N4O3. The molecule has 106 valence electrons. The Bertz CT molecular complexity index is 609. The van der Waals surface area contributed by atoms with E-state index in [1.165, 1.54) is 0 Å². The number of nitrogens with zero attached hydrogens (tertiary/aromatic N) is 3. The smallest absolute Gasteiger partial charge is 0.333 e. The Morgan fingerprint density at radius 1 is 1.50 bits per heavy atom. The van der Waals surface area contributed by atoms with Gasteiger partial charge in [0.05, 0.1) is 18.1 Å². The zero-order chi connectivity index (χ0) is 14.5. The fraction of sp³-hybridized carbons (Fsp3) is 0.308. The summed E-state index contributed by atoms with van der Waals surface area (Å²) >= 11 is 0. The maximum Gasteiger partial charge on any atom is 0.333 e. The molecule has 1 N–H and O–H groups in total. The van der Waals surface area contributed by atoms with Crippen molar-refractivity contribution in [3.8, 4) is 5.75 Å². The summed E-state index contributed by atoms with van der Waals surface area (Å²) in [6, 6.07) is 4.97. The highest BCUT2D eigenvalue weighted by molar-refractivity contribution is 5.68. The highest BCUT2D eigenvalue weighted by Gasteiger charge is 2.20. The van der Waals surface area contributed by atoms with Crippen LogP contribution in [0.4, 0.5) is 11.4 Å². The Labute approximate surface area is 116 Å². The van der Waals surface area contributed by atoms with Gasteiger partial charge in [0, 0.05) is 19.4 Å². The first-order valence-electron chi connectivity index (χ1n) is 6.23. The van der Waals surface area contributed by atoms with Gasteiger partial charge < -0.3 is 14.6 Å². The largest absolute Gasteiger partial charge is 0.487 e. The maximum absolute atomic E-state index is 11.2. The molecule has 0 saturated heterocycles. The molecule has 2 rings (SSSR count). The molecule has 0 unspecified atom stereocenters.